The van der Waals surface area contributed by atoms with Gasteiger partial charge in [0.15, 0.2) is 0 Å². The first kappa shape index (κ1) is 11.2. The van der Waals surface area contributed by atoms with Crippen molar-refractivity contribution in [1.82, 2.24) is 20.5 Å². The molecule has 0 bridgehead atoms. The zero-order valence-corrected chi connectivity index (χ0v) is 10.2. The largest absolute Gasteiger partial charge is 0.420 e. The minimum absolute atomic E-state index is 0.567. The van der Waals surface area contributed by atoms with Gasteiger partial charge in [0.2, 0.25) is 5.89 Å². The van der Waals surface area contributed by atoms with E-state index in [0.717, 1.165) is 29.4 Å². The number of hydrogen-bond acceptors (Lipinski definition) is 6. The third kappa shape index (κ3) is 2.65. The van der Waals surface area contributed by atoms with Gasteiger partial charge in [0.05, 0.1) is 11.2 Å². The summed E-state index contributed by atoms with van der Waals surface area (Å²) in [6, 6.07) is 0. The van der Waals surface area contributed by atoms with Crippen LogP contribution in [0, 0.1) is 6.92 Å². The lowest BCUT2D eigenvalue weighted by Crippen LogP contribution is -2.16. The summed E-state index contributed by atoms with van der Waals surface area (Å²) in [7, 11) is 0. The Kier molecular flexibility index (Phi) is 3.63. The number of hydrogen-bond donors (Lipinski definition) is 1. The van der Waals surface area contributed by atoms with Crippen molar-refractivity contribution in [1.29, 1.82) is 0 Å². The summed E-state index contributed by atoms with van der Waals surface area (Å²) < 4.78 is 5.54. The third-order valence-electron chi connectivity index (χ3n) is 2.06. The number of aromatic nitrogens is 3. The predicted octanol–water partition coefficient (Wildman–Crippen LogP) is 1.65. The Morgan fingerprint density at radius 3 is 3.00 bits per heavy atom. The van der Waals surface area contributed by atoms with Gasteiger partial charge in [0.1, 0.15) is 4.88 Å². The molecule has 86 valence electrons. The second-order valence-electron chi connectivity index (χ2n) is 3.35. The molecule has 0 spiro atoms. The van der Waals surface area contributed by atoms with E-state index < -0.39 is 0 Å². The van der Waals surface area contributed by atoms with Gasteiger partial charge in [-0.2, -0.15) is 0 Å². The molecule has 0 aliphatic carbocycles. The van der Waals surface area contributed by atoms with Gasteiger partial charge in [-0.3, -0.25) is 0 Å². The van der Waals surface area contributed by atoms with Crippen molar-refractivity contribution < 1.29 is 4.42 Å². The lowest BCUT2D eigenvalue weighted by atomic mass is 10.4. The van der Waals surface area contributed by atoms with E-state index in [1.807, 2.05) is 6.92 Å². The topological polar surface area (TPSA) is 63.8 Å². The summed E-state index contributed by atoms with van der Waals surface area (Å²) in [6.45, 7) is 5.84. The smallest absolute Gasteiger partial charge is 0.259 e. The monoisotopic (exact) mass is 238 g/mol. The normalized spacial score (nSPS) is 10.9. The molecule has 2 aromatic heterocycles. The molecule has 0 aliphatic heterocycles. The Balaban J connectivity index is 2.02. The number of aryl methyl sites for hydroxylation is 1. The Morgan fingerprint density at radius 1 is 1.44 bits per heavy atom. The van der Waals surface area contributed by atoms with Crippen LogP contribution in [0.3, 0.4) is 0 Å². The van der Waals surface area contributed by atoms with E-state index >= 15 is 0 Å². The molecule has 0 saturated carbocycles. The molecule has 0 unspecified atom stereocenters. The van der Waals surface area contributed by atoms with E-state index in [9.17, 15) is 0 Å². The van der Waals surface area contributed by atoms with Crippen LogP contribution in [0.1, 0.15) is 17.8 Å². The van der Waals surface area contributed by atoms with Crippen LogP contribution in [0.25, 0.3) is 10.8 Å². The first-order valence-electron chi connectivity index (χ1n) is 5.25. The van der Waals surface area contributed by atoms with E-state index in [0.29, 0.717) is 11.8 Å². The van der Waals surface area contributed by atoms with Crippen LogP contribution in [0.2, 0.25) is 0 Å². The van der Waals surface area contributed by atoms with Gasteiger partial charge in [-0.1, -0.05) is 6.92 Å². The quantitative estimate of drug-likeness (QED) is 0.802. The fourth-order valence-electron chi connectivity index (χ4n) is 1.29. The van der Waals surface area contributed by atoms with Crippen LogP contribution in [0.5, 0.6) is 0 Å². The first-order chi connectivity index (χ1) is 7.79. The van der Waals surface area contributed by atoms with Crippen LogP contribution in [-0.2, 0) is 6.42 Å². The molecule has 1 N–H and O–H groups in total. The van der Waals surface area contributed by atoms with E-state index in [-0.39, 0.29) is 0 Å². The van der Waals surface area contributed by atoms with Crippen LogP contribution in [0.15, 0.2) is 10.6 Å². The molecule has 0 amide bonds. The standard InChI is InChI=1S/C10H14N4OS/c1-3-11-5-4-9-13-14-10(15-9)8-6-12-7(2)16-8/h6,11H,3-5H2,1-2H3. The van der Waals surface area contributed by atoms with E-state index in [1.165, 1.54) is 0 Å². The minimum Gasteiger partial charge on any atom is -0.420 e. The summed E-state index contributed by atoms with van der Waals surface area (Å²) in [4.78, 5) is 5.09. The van der Waals surface area contributed by atoms with Crippen molar-refractivity contribution in [2.75, 3.05) is 13.1 Å². The molecule has 2 heterocycles. The highest BCUT2D eigenvalue weighted by Crippen LogP contribution is 2.24. The van der Waals surface area contributed by atoms with E-state index in [1.54, 1.807) is 17.5 Å². The molecule has 0 aromatic carbocycles. The molecule has 16 heavy (non-hydrogen) atoms. The predicted molar refractivity (Wildman–Crippen MR) is 62.4 cm³/mol. The second kappa shape index (κ2) is 5.18. The molecule has 0 fully saturated rings. The van der Waals surface area contributed by atoms with E-state index in [4.69, 9.17) is 4.42 Å². The SMILES string of the molecule is CCNCCc1nnc(-c2cnc(C)s2)o1. The maximum absolute atomic E-state index is 5.54. The lowest BCUT2D eigenvalue weighted by molar-refractivity contribution is 0.497. The number of likely N-dealkylation sites (N-methyl/N-ethyl adjacent to an activating group) is 1. The summed E-state index contributed by atoms with van der Waals surface area (Å²) >= 11 is 1.56. The number of nitrogens with zero attached hydrogens (tertiary/aromatic N) is 3. The van der Waals surface area contributed by atoms with Gasteiger partial charge < -0.3 is 9.73 Å². The highest BCUT2D eigenvalue weighted by molar-refractivity contribution is 7.14. The van der Waals surface area contributed by atoms with Gasteiger partial charge in [0, 0.05) is 13.0 Å². The Labute approximate surface area is 97.9 Å². The van der Waals surface area contributed by atoms with Gasteiger partial charge in [-0.15, -0.1) is 21.5 Å². The van der Waals surface area contributed by atoms with E-state index in [2.05, 4.69) is 27.4 Å². The van der Waals surface area contributed by atoms with Crippen LogP contribution < -0.4 is 5.32 Å². The molecule has 5 nitrogen and oxygen atoms in total. The summed E-state index contributed by atoms with van der Waals surface area (Å²) in [5.41, 5.74) is 0. The molecule has 0 saturated heterocycles. The third-order valence-corrected chi connectivity index (χ3v) is 2.97. The van der Waals surface area contributed by atoms with Crippen LogP contribution in [0.4, 0.5) is 0 Å². The Bertz CT molecular complexity index is 451. The number of thiazole rings is 1. The lowest BCUT2D eigenvalue weighted by Gasteiger charge is -1.95. The minimum atomic E-state index is 0.567. The maximum Gasteiger partial charge on any atom is 0.259 e. The molecule has 2 rings (SSSR count). The number of rotatable bonds is 5. The Morgan fingerprint density at radius 2 is 2.31 bits per heavy atom. The molecule has 6 heteroatoms. The molecular formula is C10H14N4OS. The first-order valence-corrected chi connectivity index (χ1v) is 6.07. The summed E-state index contributed by atoms with van der Waals surface area (Å²) in [6.07, 6.45) is 2.53. The maximum atomic E-state index is 5.54. The average Bonchev–Trinajstić information content (AvgIpc) is 2.87. The van der Waals surface area contributed by atoms with Crippen LogP contribution >= 0.6 is 11.3 Å². The number of nitrogens with one attached hydrogen (secondary N) is 1. The fraction of sp³-hybridized carbons (Fsp3) is 0.500. The molecule has 0 radical (unpaired) electrons. The highest BCUT2D eigenvalue weighted by atomic mass is 32.1. The van der Waals surface area contributed by atoms with Crippen molar-refractivity contribution in [3.05, 3.63) is 17.1 Å². The van der Waals surface area contributed by atoms with Gasteiger partial charge >= 0.3 is 0 Å². The summed E-state index contributed by atoms with van der Waals surface area (Å²) in [5, 5.41) is 12.2. The summed E-state index contributed by atoms with van der Waals surface area (Å²) in [5.74, 6) is 1.24. The van der Waals surface area contributed by atoms with Crippen molar-refractivity contribution in [2.45, 2.75) is 20.3 Å². The zero-order valence-electron chi connectivity index (χ0n) is 9.36. The van der Waals surface area contributed by atoms with Gasteiger partial charge in [-0.25, -0.2) is 4.98 Å². The van der Waals surface area contributed by atoms with Crippen LogP contribution in [-0.4, -0.2) is 28.3 Å². The van der Waals surface area contributed by atoms with Crippen molar-refractivity contribution in [2.24, 2.45) is 0 Å². The Hall–Kier alpha value is -1.27. The van der Waals surface area contributed by atoms with Gasteiger partial charge in [0.25, 0.3) is 5.89 Å². The average molecular weight is 238 g/mol. The fourth-order valence-corrected chi connectivity index (χ4v) is 1.99. The molecule has 0 aliphatic rings. The second-order valence-corrected chi connectivity index (χ2v) is 4.58. The van der Waals surface area contributed by atoms with Crippen molar-refractivity contribution in [3.8, 4) is 10.8 Å². The van der Waals surface area contributed by atoms with Crippen molar-refractivity contribution >= 4 is 11.3 Å². The highest BCUT2D eigenvalue weighted by Gasteiger charge is 2.10. The zero-order chi connectivity index (χ0) is 11.4. The molecular weight excluding hydrogens is 224 g/mol. The van der Waals surface area contributed by atoms with Gasteiger partial charge in [-0.05, 0) is 13.5 Å². The molecule has 2 aromatic rings. The van der Waals surface area contributed by atoms with Crippen molar-refractivity contribution in [3.63, 3.8) is 0 Å². The molecule has 0 atom stereocenters.